The lowest BCUT2D eigenvalue weighted by Crippen LogP contribution is -2.32. The summed E-state index contributed by atoms with van der Waals surface area (Å²) in [5.41, 5.74) is 1.29. The predicted octanol–water partition coefficient (Wildman–Crippen LogP) is 2.72. The van der Waals surface area contributed by atoms with Gasteiger partial charge in [0.05, 0.1) is 11.3 Å². The first-order valence-electron chi connectivity index (χ1n) is 9.41. The lowest BCUT2D eigenvalue weighted by molar-refractivity contribution is -0.117. The van der Waals surface area contributed by atoms with E-state index in [-0.39, 0.29) is 23.5 Å². The Bertz CT molecular complexity index is 932. The molecule has 3 N–H and O–H groups in total. The molecule has 1 heterocycles. The topological polar surface area (TPSA) is 98.7 Å². The molecule has 0 unspecified atom stereocenters. The number of halogens is 1. The molecule has 0 aromatic heterocycles. The van der Waals surface area contributed by atoms with Crippen LogP contribution in [-0.2, 0) is 4.79 Å². The van der Waals surface area contributed by atoms with Gasteiger partial charge >= 0.3 is 0 Å². The van der Waals surface area contributed by atoms with Crippen molar-refractivity contribution in [1.82, 2.24) is 10.6 Å². The Balaban J connectivity index is 1.51. The van der Waals surface area contributed by atoms with E-state index in [4.69, 9.17) is 11.6 Å². The quantitative estimate of drug-likeness (QED) is 0.605. The van der Waals surface area contributed by atoms with Crippen LogP contribution < -0.4 is 15.5 Å². The van der Waals surface area contributed by atoms with Gasteiger partial charge in [-0.05, 0) is 49.2 Å². The number of hydrogen-bond donors (Lipinski definition) is 3. The molecule has 3 amide bonds. The lowest BCUT2D eigenvalue weighted by atomic mass is 10.1. The Morgan fingerprint density at radius 2 is 1.83 bits per heavy atom. The average molecular weight is 416 g/mol. The maximum atomic E-state index is 12.6. The summed E-state index contributed by atoms with van der Waals surface area (Å²) in [6.07, 6.45) is 1.75. The van der Waals surface area contributed by atoms with Gasteiger partial charge in [0, 0.05) is 36.6 Å². The van der Waals surface area contributed by atoms with Crippen molar-refractivity contribution < 1.29 is 19.5 Å². The van der Waals surface area contributed by atoms with Crippen molar-refractivity contribution >= 4 is 35.0 Å². The second kappa shape index (κ2) is 9.43. The molecule has 2 aromatic carbocycles. The number of hydrogen-bond acceptors (Lipinski definition) is 4. The van der Waals surface area contributed by atoms with E-state index in [1.807, 2.05) is 0 Å². The normalized spacial score (nSPS) is 13.4. The molecule has 0 radical (unpaired) electrons. The third-order valence-corrected chi connectivity index (χ3v) is 4.84. The highest BCUT2D eigenvalue weighted by Gasteiger charge is 2.26. The van der Waals surface area contributed by atoms with E-state index < -0.39 is 0 Å². The van der Waals surface area contributed by atoms with Gasteiger partial charge in [-0.1, -0.05) is 17.7 Å². The van der Waals surface area contributed by atoms with Gasteiger partial charge in [-0.15, -0.1) is 0 Å². The second-order valence-electron chi connectivity index (χ2n) is 6.73. The van der Waals surface area contributed by atoms with Crippen LogP contribution in [0.3, 0.4) is 0 Å². The van der Waals surface area contributed by atoms with Crippen molar-refractivity contribution in [3.63, 3.8) is 0 Å². The van der Waals surface area contributed by atoms with Gasteiger partial charge in [0.25, 0.3) is 11.8 Å². The van der Waals surface area contributed by atoms with E-state index in [2.05, 4.69) is 10.6 Å². The molecule has 8 heteroatoms. The molecule has 1 fully saturated rings. The largest absolute Gasteiger partial charge is 0.508 e. The SMILES string of the molecule is O=C(NCCCNC(=O)c1ccc(Cl)cc1N1CCCC1=O)c1cccc(O)c1. The molecule has 29 heavy (non-hydrogen) atoms. The molecule has 7 nitrogen and oxygen atoms in total. The van der Waals surface area contributed by atoms with E-state index in [9.17, 15) is 19.5 Å². The molecule has 152 valence electrons. The van der Waals surface area contributed by atoms with Crippen molar-refractivity contribution in [3.8, 4) is 5.75 Å². The summed E-state index contributed by atoms with van der Waals surface area (Å²) >= 11 is 6.06. The van der Waals surface area contributed by atoms with Gasteiger partial charge < -0.3 is 20.6 Å². The minimum Gasteiger partial charge on any atom is -0.508 e. The first kappa shape index (κ1) is 20.7. The number of carbonyl (C=O) groups excluding carboxylic acids is 3. The number of benzene rings is 2. The van der Waals surface area contributed by atoms with Crippen molar-refractivity contribution in [2.75, 3.05) is 24.5 Å². The fraction of sp³-hybridized carbons (Fsp3) is 0.286. The molecule has 0 atom stereocenters. The number of phenolic OH excluding ortho intramolecular Hbond substituents is 1. The molecule has 0 saturated carbocycles. The number of phenols is 1. The van der Waals surface area contributed by atoms with Crippen LogP contribution in [0.2, 0.25) is 5.02 Å². The van der Waals surface area contributed by atoms with Gasteiger partial charge in [-0.3, -0.25) is 14.4 Å². The molecular formula is C21H22ClN3O4. The van der Waals surface area contributed by atoms with E-state index in [0.29, 0.717) is 54.3 Å². The lowest BCUT2D eigenvalue weighted by Gasteiger charge is -2.19. The Hall–Kier alpha value is -3.06. The highest BCUT2D eigenvalue weighted by atomic mass is 35.5. The van der Waals surface area contributed by atoms with Gasteiger partial charge in [0.15, 0.2) is 0 Å². The molecule has 1 aliphatic rings. The Morgan fingerprint density at radius 1 is 1.07 bits per heavy atom. The van der Waals surface area contributed by atoms with E-state index >= 15 is 0 Å². The number of aromatic hydroxyl groups is 1. The Kier molecular flexibility index (Phi) is 6.72. The number of nitrogens with one attached hydrogen (secondary N) is 2. The van der Waals surface area contributed by atoms with E-state index in [0.717, 1.165) is 6.42 Å². The summed E-state index contributed by atoms with van der Waals surface area (Å²) in [6, 6.07) is 11.0. The highest BCUT2D eigenvalue weighted by Crippen LogP contribution is 2.28. The van der Waals surface area contributed by atoms with Crippen molar-refractivity contribution in [1.29, 1.82) is 0 Å². The zero-order valence-corrected chi connectivity index (χ0v) is 16.5. The van der Waals surface area contributed by atoms with Gasteiger partial charge in [-0.25, -0.2) is 0 Å². The van der Waals surface area contributed by atoms with Crippen molar-refractivity contribution in [3.05, 3.63) is 58.6 Å². The first-order valence-corrected chi connectivity index (χ1v) is 9.79. The van der Waals surface area contributed by atoms with Gasteiger partial charge in [-0.2, -0.15) is 0 Å². The second-order valence-corrected chi connectivity index (χ2v) is 7.16. The number of nitrogens with zero attached hydrogens (tertiary/aromatic N) is 1. The molecule has 0 spiro atoms. The summed E-state index contributed by atoms with van der Waals surface area (Å²) in [7, 11) is 0. The van der Waals surface area contributed by atoms with Crippen LogP contribution in [0.5, 0.6) is 5.75 Å². The summed E-state index contributed by atoms with van der Waals surface area (Å²) in [5, 5.41) is 15.4. The molecule has 1 aliphatic heterocycles. The summed E-state index contributed by atoms with van der Waals surface area (Å²) in [6.45, 7) is 1.29. The van der Waals surface area contributed by atoms with E-state index in [1.165, 1.54) is 12.1 Å². The molecule has 0 bridgehead atoms. The predicted molar refractivity (Wildman–Crippen MR) is 110 cm³/mol. The van der Waals surface area contributed by atoms with Crippen LogP contribution in [0.25, 0.3) is 0 Å². The summed E-state index contributed by atoms with van der Waals surface area (Å²) in [4.78, 5) is 38.2. The number of rotatable bonds is 7. The van der Waals surface area contributed by atoms with Crippen molar-refractivity contribution in [2.24, 2.45) is 0 Å². The summed E-state index contributed by atoms with van der Waals surface area (Å²) < 4.78 is 0. The first-order chi connectivity index (χ1) is 14.0. The molecule has 0 aliphatic carbocycles. The van der Waals surface area contributed by atoms with Crippen LogP contribution in [-0.4, -0.2) is 42.5 Å². The van der Waals surface area contributed by atoms with Crippen LogP contribution in [0.15, 0.2) is 42.5 Å². The third kappa shape index (κ3) is 5.26. The summed E-state index contributed by atoms with van der Waals surface area (Å²) in [5.74, 6) is -0.577. The average Bonchev–Trinajstić information content (AvgIpc) is 3.13. The van der Waals surface area contributed by atoms with Crippen LogP contribution in [0.4, 0.5) is 5.69 Å². The van der Waals surface area contributed by atoms with Gasteiger partial charge in [0.2, 0.25) is 5.91 Å². The van der Waals surface area contributed by atoms with Crippen LogP contribution in [0, 0.1) is 0 Å². The maximum absolute atomic E-state index is 12.6. The highest BCUT2D eigenvalue weighted by molar-refractivity contribution is 6.31. The minimum atomic E-state index is -0.296. The van der Waals surface area contributed by atoms with Crippen LogP contribution >= 0.6 is 11.6 Å². The maximum Gasteiger partial charge on any atom is 0.253 e. The molecule has 3 rings (SSSR count). The fourth-order valence-electron chi connectivity index (χ4n) is 3.16. The standard InChI is InChI=1S/C21H22ClN3O4/c22-15-7-8-17(18(13-15)25-11-2-6-19(25)27)21(29)24-10-3-9-23-20(28)14-4-1-5-16(26)12-14/h1,4-5,7-8,12-13,26H,2-3,6,9-11H2,(H,23,28)(H,24,29). The monoisotopic (exact) mass is 415 g/mol. The molecular weight excluding hydrogens is 394 g/mol. The van der Waals surface area contributed by atoms with Crippen LogP contribution in [0.1, 0.15) is 40.0 Å². The zero-order valence-electron chi connectivity index (χ0n) is 15.8. The van der Waals surface area contributed by atoms with E-state index in [1.54, 1.807) is 35.2 Å². The Labute approximate surface area is 173 Å². The molecule has 2 aromatic rings. The van der Waals surface area contributed by atoms with Crippen molar-refractivity contribution in [2.45, 2.75) is 19.3 Å². The Morgan fingerprint density at radius 3 is 2.52 bits per heavy atom. The molecule has 1 saturated heterocycles. The third-order valence-electron chi connectivity index (χ3n) is 4.60. The fourth-order valence-corrected chi connectivity index (χ4v) is 3.33. The number of amides is 3. The van der Waals surface area contributed by atoms with Gasteiger partial charge in [0.1, 0.15) is 5.75 Å². The minimum absolute atomic E-state index is 0.0176. The number of carbonyl (C=O) groups is 3. The zero-order chi connectivity index (χ0) is 20.8. The smallest absolute Gasteiger partial charge is 0.253 e. The number of anilines is 1.